The molecule has 0 aliphatic heterocycles. The molecule has 0 bridgehead atoms. The predicted octanol–water partition coefficient (Wildman–Crippen LogP) is 4.47. The lowest BCUT2D eigenvalue weighted by Crippen LogP contribution is -2.19. The summed E-state index contributed by atoms with van der Waals surface area (Å²) in [6.45, 7) is 3.96. The fraction of sp³-hybridized carbons (Fsp3) is 0.0952. The van der Waals surface area contributed by atoms with Crippen molar-refractivity contribution >= 4 is 34.7 Å². The molecule has 3 aromatic rings. The van der Waals surface area contributed by atoms with Crippen molar-refractivity contribution in [2.75, 3.05) is 0 Å². The number of carbonyl (C=O) groups excluding carboxylic acids is 1. The molecule has 2 aromatic carbocycles. The van der Waals surface area contributed by atoms with E-state index in [4.69, 9.17) is 5.26 Å². The second-order valence-electron chi connectivity index (χ2n) is 6.14. The Morgan fingerprint density at radius 1 is 1.21 bits per heavy atom. The maximum absolute atomic E-state index is 13.9. The van der Waals surface area contributed by atoms with E-state index in [1.54, 1.807) is 0 Å². The Morgan fingerprint density at radius 3 is 2.57 bits per heavy atom. The van der Waals surface area contributed by atoms with E-state index in [2.05, 4.69) is 37.7 Å². The van der Waals surface area contributed by atoms with Gasteiger partial charge in [0.15, 0.2) is 0 Å². The van der Waals surface area contributed by atoms with Gasteiger partial charge >= 0.3 is 0 Å². The number of nitriles is 1. The summed E-state index contributed by atoms with van der Waals surface area (Å²) in [6.07, 6.45) is 1.53. The predicted molar refractivity (Wildman–Crippen MR) is 114 cm³/mol. The van der Waals surface area contributed by atoms with E-state index in [-0.39, 0.29) is 11.1 Å². The standard InChI is InChI=1S/C21H16FIN4O/c1-13-9-16(14(2)27(13)18-6-4-17(23)5-7-18)12-25-26-21(28)19-8-3-15(11-24)10-20(19)22/h3-10,12H,1-2H3,(H,26,28)/b25-12+. The Hall–Kier alpha value is -2.99. The number of aryl methyl sites for hydroxylation is 1. The molecule has 1 heterocycles. The fourth-order valence-corrected chi connectivity index (χ4v) is 3.25. The average molecular weight is 486 g/mol. The minimum absolute atomic E-state index is 0.153. The number of hydrogen-bond acceptors (Lipinski definition) is 3. The smallest absolute Gasteiger partial charge is 0.274 e. The molecular formula is C21H16FIN4O. The molecule has 0 atom stereocenters. The largest absolute Gasteiger partial charge is 0.318 e. The van der Waals surface area contributed by atoms with Crippen LogP contribution in [0.1, 0.15) is 32.9 Å². The molecule has 28 heavy (non-hydrogen) atoms. The van der Waals surface area contributed by atoms with E-state index < -0.39 is 11.7 Å². The molecule has 140 valence electrons. The number of halogens is 2. The zero-order valence-electron chi connectivity index (χ0n) is 15.2. The lowest BCUT2D eigenvalue weighted by atomic mass is 10.1. The minimum Gasteiger partial charge on any atom is -0.318 e. The van der Waals surface area contributed by atoms with Gasteiger partial charge in [-0.3, -0.25) is 4.79 Å². The van der Waals surface area contributed by atoms with Crippen molar-refractivity contribution < 1.29 is 9.18 Å². The van der Waals surface area contributed by atoms with Gasteiger partial charge in [-0.05, 0) is 85.0 Å². The van der Waals surface area contributed by atoms with E-state index in [0.29, 0.717) is 0 Å². The van der Waals surface area contributed by atoms with Crippen molar-refractivity contribution in [3.05, 3.63) is 86.0 Å². The van der Waals surface area contributed by atoms with E-state index in [0.717, 1.165) is 32.3 Å². The Kier molecular flexibility index (Phi) is 5.90. The Labute approximate surface area is 175 Å². The quantitative estimate of drug-likeness (QED) is 0.336. The van der Waals surface area contributed by atoms with Crippen LogP contribution in [0.25, 0.3) is 5.69 Å². The number of rotatable bonds is 4. The fourth-order valence-electron chi connectivity index (χ4n) is 2.90. The van der Waals surface area contributed by atoms with Gasteiger partial charge in [-0.15, -0.1) is 0 Å². The first-order valence-corrected chi connectivity index (χ1v) is 9.46. The first-order valence-electron chi connectivity index (χ1n) is 8.38. The van der Waals surface area contributed by atoms with Gasteiger partial charge in [0.2, 0.25) is 0 Å². The number of aromatic nitrogens is 1. The molecule has 0 unspecified atom stereocenters. The monoisotopic (exact) mass is 486 g/mol. The molecule has 0 saturated heterocycles. The maximum Gasteiger partial charge on any atom is 0.274 e. The molecule has 1 amide bonds. The molecule has 1 aromatic heterocycles. The van der Waals surface area contributed by atoms with Crippen LogP contribution in [0.4, 0.5) is 4.39 Å². The molecule has 0 saturated carbocycles. The Bertz CT molecular complexity index is 1110. The SMILES string of the molecule is Cc1cc(/C=N/NC(=O)c2ccc(C#N)cc2F)c(C)n1-c1ccc(I)cc1. The third-order valence-corrected chi connectivity index (χ3v) is 4.99. The van der Waals surface area contributed by atoms with Crippen molar-refractivity contribution in [3.63, 3.8) is 0 Å². The van der Waals surface area contributed by atoms with E-state index in [9.17, 15) is 9.18 Å². The summed E-state index contributed by atoms with van der Waals surface area (Å²) in [4.78, 5) is 12.1. The van der Waals surface area contributed by atoms with Crippen molar-refractivity contribution in [3.8, 4) is 11.8 Å². The summed E-state index contributed by atoms with van der Waals surface area (Å²) in [7, 11) is 0. The molecule has 5 nitrogen and oxygen atoms in total. The number of benzene rings is 2. The molecule has 0 radical (unpaired) electrons. The third kappa shape index (κ3) is 4.12. The van der Waals surface area contributed by atoms with E-state index >= 15 is 0 Å². The van der Waals surface area contributed by atoms with Crippen LogP contribution in [0.3, 0.4) is 0 Å². The van der Waals surface area contributed by atoms with Gasteiger partial charge in [0.05, 0.1) is 23.4 Å². The van der Waals surface area contributed by atoms with Crippen LogP contribution < -0.4 is 5.43 Å². The molecule has 0 aliphatic rings. The van der Waals surface area contributed by atoms with Crippen molar-refractivity contribution in [2.24, 2.45) is 5.10 Å². The number of nitrogens with zero attached hydrogens (tertiary/aromatic N) is 3. The first kappa shape index (κ1) is 19.8. The molecule has 1 N–H and O–H groups in total. The van der Waals surface area contributed by atoms with E-state index in [1.807, 2.05) is 50.2 Å². The Morgan fingerprint density at radius 2 is 1.93 bits per heavy atom. The molecule has 0 aliphatic carbocycles. The third-order valence-electron chi connectivity index (χ3n) is 4.27. The van der Waals surface area contributed by atoms with Crippen LogP contribution in [-0.4, -0.2) is 16.7 Å². The first-order chi connectivity index (χ1) is 13.4. The minimum atomic E-state index is -0.761. The van der Waals surface area contributed by atoms with Crippen LogP contribution in [0.2, 0.25) is 0 Å². The highest BCUT2D eigenvalue weighted by atomic mass is 127. The van der Waals surface area contributed by atoms with Crippen molar-refractivity contribution in [2.45, 2.75) is 13.8 Å². The number of hydrogen-bond donors (Lipinski definition) is 1. The van der Waals surface area contributed by atoms with Crippen LogP contribution in [0.15, 0.2) is 53.6 Å². The summed E-state index contributed by atoms with van der Waals surface area (Å²) < 4.78 is 17.2. The van der Waals surface area contributed by atoms with Gasteiger partial charge in [-0.25, -0.2) is 9.82 Å². The van der Waals surface area contributed by atoms with Crippen molar-refractivity contribution in [1.29, 1.82) is 5.26 Å². The molecule has 0 spiro atoms. The summed E-state index contributed by atoms with van der Waals surface area (Å²) in [5, 5.41) is 12.7. The maximum atomic E-state index is 13.9. The zero-order chi connectivity index (χ0) is 20.3. The van der Waals surface area contributed by atoms with Gasteiger partial charge in [-0.2, -0.15) is 10.4 Å². The molecule has 7 heteroatoms. The number of carbonyl (C=O) groups is 1. The second kappa shape index (κ2) is 8.35. The Balaban J connectivity index is 1.78. The molecular weight excluding hydrogens is 470 g/mol. The number of nitrogens with one attached hydrogen (secondary N) is 1. The summed E-state index contributed by atoms with van der Waals surface area (Å²) in [5.74, 6) is -1.44. The molecule has 3 rings (SSSR count). The number of amides is 1. The van der Waals surface area contributed by atoms with Crippen LogP contribution in [-0.2, 0) is 0 Å². The lowest BCUT2D eigenvalue weighted by molar-refractivity contribution is 0.0951. The van der Waals surface area contributed by atoms with Gasteiger partial charge in [-0.1, -0.05) is 0 Å². The van der Waals surface area contributed by atoms with Crippen LogP contribution in [0.5, 0.6) is 0 Å². The highest BCUT2D eigenvalue weighted by Crippen LogP contribution is 2.20. The van der Waals surface area contributed by atoms with Crippen LogP contribution in [0, 0.1) is 34.6 Å². The topological polar surface area (TPSA) is 70.2 Å². The second-order valence-corrected chi connectivity index (χ2v) is 7.39. The summed E-state index contributed by atoms with van der Waals surface area (Å²) >= 11 is 2.26. The van der Waals surface area contributed by atoms with Gasteiger partial charge in [0, 0.05) is 26.2 Å². The number of hydrazone groups is 1. The van der Waals surface area contributed by atoms with Gasteiger partial charge in [0.1, 0.15) is 5.82 Å². The van der Waals surface area contributed by atoms with Crippen LogP contribution >= 0.6 is 22.6 Å². The lowest BCUT2D eigenvalue weighted by Gasteiger charge is -2.09. The summed E-state index contributed by atoms with van der Waals surface area (Å²) in [6, 6.07) is 15.6. The summed E-state index contributed by atoms with van der Waals surface area (Å²) in [5.41, 5.74) is 6.20. The van der Waals surface area contributed by atoms with Crippen molar-refractivity contribution in [1.82, 2.24) is 9.99 Å². The van der Waals surface area contributed by atoms with Gasteiger partial charge in [0.25, 0.3) is 5.91 Å². The zero-order valence-corrected chi connectivity index (χ0v) is 17.4. The highest BCUT2D eigenvalue weighted by Gasteiger charge is 2.12. The highest BCUT2D eigenvalue weighted by molar-refractivity contribution is 14.1. The normalized spacial score (nSPS) is 10.8. The average Bonchev–Trinajstić information content (AvgIpc) is 2.96. The van der Waals surface area contributed by atoms with E-state index in [1.165, 1.54) is 18.3 Å². The molecule has 0 fully saturated rings. The van der Waals surface area contributed by atoms with Gasteiger partial charge < -0.3 is 4.57 Å².